The van der Waals surface area contributed by atoms with E-state index in [4.69, 9.17) is 9.47 Å². The molecule has 1 aliphatic rings. The average Bonchev–Trinajstić information content (AvgIpc) is 2.44. The minimum absolute atomic E-state index is 0.175. The minimum atomic E-state index is -4.38. The van der Waals surface area contributed by atoms with Crippen LogP contribution < -0.4 is 9.47 Å². The molecule has 2 nitrogen and oxygen atoms in total. The molecule has 3 rings (SSSR count). The SMILES string of the molecule is CC(Oc1ccc2c(c1)Sc1ccccc1O2)C(F)(F)F. The van der Waals surface area contributed by atoms with Crippen LogP contribution in [0.2, 0.25) is 0 Å². The summed E-state index contributed by atoms with van der Waals surface area (Å²) in [5.41, 5.74) is 0. The van der Waals surface area contributed by atoms with E-state index in [9.17, 15) is 13.2 Å². The highest BCUT2D eigenvalue weighted by molar-refractivity contribution is 7.99. The Bertz CT molecular complexity index is 670. The molecule has 0 radical (unpaired) electrons. The smallest absolute Gasteiger partial charge is 0.425 e. The zero-order chi connectivity index (χ0) is 15.0. The highest BCUT2D eigenvalue weighted by atomic mass is 32.2. The topological polar surface area (TPSA) is 18.5 Å². The predicted molar refractivity (Wildman–Crippen MR) is 73.2 cm³/mol. The van der Waals surface area contributed by atoms with E-state index in [0.29, 0.717) is 5.75 Å². The molecular weight excluding hydrogens is 301 g/mol. The predicted octanol–water partition coefficient (Wildman–Crippen LogP) is 5.27. The molecule has 0 aromatic heterocycles. The van der Waals surface area contributed by atoms with Gasteiger partial charge in [-0.2, -0.15) is 13.2 Å². The van der Waals surface area contributed by atoms with Crippen molar-refractivity contribution in [3.8, 4) is 17.2 Å². The second-order valence-electron chi connectivity index (χ2n) is 4.56. The molecule has 1 atom stereocenters. The number of alkyl halides is 3. The Morgan fingerprint density at radius 2 is 1.76 bits per heavy atom. The average molecular weight is 312 g/mol. The van der Waals surface area contributed by atoms with Crippen LogP contribution in [-0.4, -0.2) is 12.3 Å². The van der Waals surface area contributed by atoms with E-state index < -0.39 is 12.3 Å². The Morgan fingerprint density at radius 3 is 2.52 bits per heavy atom. The molecule has 1 aliphatic heterocycles. The molecule has 110 valence electrons. The van der Waals surface area contributed by atoms with Gasteiger partial charge in [-0.3, -0.25) is 0 Å². The molecule has 0 amide bonds. The molecule has 0 bridgehead atoms. The number of halogens is 3. The summed E-state index contributed by atoms with van der Waals surface area (Å²) >= 11 is 1.44. The highest BCUT2D eigenvalue weighted by Crippen LogP contribution is 2.47. The molecular formula is C15H11F3O2S. The van der Waals surface area contributed by atoms with E-state index in [0.717, 1.165) is 22.5 Å². The van der Waals surface area contributed by atoms with Gasteiger partial charge in [0.2, 0.25) is 0 Å². The van der Waals surface area contributed by atoms with E-state index >= 15 is 0 Å². The van der Waals surface area contributed by atoms with Gasteiger partial charge in [-0.05, 0) is 37.3 Å². The first-order valence-corrected chi connectivity index (χ1v) is 7.07. The van der Waals surface area contributed by atoms with Crippen molar-refractivity contribution in [3.63, 3.8) is 0 Å². The van der Waals surface area contributed by atoms with Crippen molar-refractivity contribution in [2.75, 3.05) is 0 Å². The molecule has 21 heavy (non-hydrogen) atoms. The number of hydrogen-bond acceptors (Lipinski definition) is 3. The summed E-state index contributed by atoms with van der Waals surface area (Å²) in [4.78, 5) is 1.66. The van der Waals surface area contributed by atoms with Gasteiger partial charge in [-0.25, -0.2) is 0 Å². The van der Waals surface area contributed by atoms with E-state index in [1.165, 1.54) is 17.8 Å². The summed E-state index contributed by atoms with van der Waals surface area (Å²) in [5.74, 6) is 1.53. The third-order valence-electron chi connectivity index (χ3n) is 2.98. The van der Waals surface area contributed by atoms with Gasteiger partial charge in [0.15, 0.2) is 6.10 Å². The van der Waals surface area contributed by atoms with Crippen LogP contribution in [0.5, 0.6) is 17.2 Å². The molecule has 0 spiro atoms. The Balaban J connectivity index is 1.84. The second-order valence-corrected chi connectivity index (χ2v) is 5.64. The molecule has 6 heteroatoms. The fourth-order valence-electron chi connectivity index (χ4n) is 1.85. The number of para-hydroxylation sites is 1. The highest BCUT2D eigenvalue weighted by Gasteiger charge is 2.38. The number of fused-ring (bicyclic) bond motifs is 2. The second kappa shape index (κ2) is 5.18. The van der Waals surface area contributed by atoms with Crippen LogP contribution in [0.3, 0.4) is 0 Å². The molecule has 0 saturated heterocycles. The van der Waals surface area contributed by atoms with E-state index in [1.54, 1.807) is 12.1 Å². The van der Waals surface area contributed by atoms with Crippen LogP contribution in [0, 0.1) is 0 Å². The van der Waals surface area contributed by atoms with Crippen LogP contribution in [0.15, 0.2) is 52.3 Å². The van der Waals surface area contributed by atoms with Crippen molar-refractivity contribution >= 4 is 11.8 Å². The first-order valence-electron chi connectivity index (χ1n) is 6.25. The van der Waals surface area contributed by atoms with E-state index in [1.807, 2.05) is 24.3 Å². The minimum Gasteiger partial charge on any atom is -0.481 e. The number of benzene rings is 2. The molecule has 0 aliphatic carbocycles. The van der Waals surface area contributed by atoms with Gasteiger partial charge in [0.1, 0.15) is 17.2 Å². The van der Waals surface area contributed by atoms with Crippen molar-refractivity contribution in [2.24, 2.45) is 0 Å². The lowest BCUT2D eigenvalue weighted by Crippen LogP contribution is -2.31. The maximum absolute atomic E-state index is 12.5. The Morgan fingerprint density at radius 1 is 1.05 bits per heavy atom. The van der Waals surface area contributed by atoms with Gasteiger partial charge in [0.05, 0.1) is 9.79 Å². The van der Waals surface area contributed by atoms with Crippen molar-refractivity contribution in [2.45, 2.75) is 29.0 Å². The normalized spacial score (nSPS) is 14.7. The first kappa shape index (κ1) is 14.1. The zero-order valence-corrected chi connectivity index (χ0v) is 11.8. The van der Waals surface area contributed by atoms with Crippen molar-refractivity contribution < 1.29 is 22.6 Å². The molecule has 0 fully saturated rings. The molecule has 0 N–H and O–H groups in total. The summed E-state index contributed by atoms with van der Waals surface area (Å²) in [6.45, 7) is 0.985. The van der Waals surface area contributed by atoms with Crippen molar-refractivity contribution in [1.29, 1.82) is 0 Å². The molecule has 1 heterocycles. The fraction of sp³-hybridized carbons (Fsp3) is 0.200. The lowest BCUT2D eigenvalue weighted by Gasteiger charge is -2.21. The molecule has 2 aromatic carbocycles. The van der Waals surface area contributed by atoms with Crippen molar-refractivity contribution in [1.82, 2.24) is 0 Å². The summed E-state index contributed by atoms with van der Waals surface area (Å²) in [5, 5.41) is 0. The van der Waals surface area contributed by atoms with Crippen LogP contribution in [0.25, 0.3) is 0 Å². The fourth-order valence-corrected chi connectivity index (χ4v) is 2.83. The molecule has 1 unspecified atom stereocenters. The first-order chi connectivity index (χ1) is 9.93. The summed E-state index contributed by atoms with van der Waals surface area (Å²) in [6, 6.07) is 12.2. The summed E-state index contributed by atoms with van der Waals surface area (Å²) < 4.78 is 48.2. The van der Waals surface area contributed by atoms with Crippen LogP contribution in [-0.2, 0) is 0 Å². The zero-order valence-electron chi connectivity index (χ0n) is 11.0. The van der Waals surface area contributed by atoms with Gasteiger partial charge in [0, 0.05) is 0 Å². The lowest BCUT2D eigenvalue weighted by atomic mass is 10.3. The van der Waals surface area contributed by atoms with Gasteiger partial charge < -0.3 is 9.47 Å². The largest absolute Gasteiger partial charge is 0.481 e. The quantitative estimate of drug-likeness (QED) is 0.642. The molecule has 2 aromatic rings. The summed E-state index contributed by atoms with van der Waals surface area (Å²) in [6.07, 6.45) is -6.23. The van der Waals surface area contributed by atoms with Gasteiger partial charge in [0.25, 0.3) is 0 Å². The number of rotatable bonds is 2. The van der Waals surface area contributed by atoms with Crippen LogP contribution in [0.1, 0.15) is 6.92 Å². The summed E-state index contributed by atoms with van der Waals surface area (Å²) in [7, 11) is 0. The number of hydrogen-bond donors (Lipinski definition) is 0. The van der Waals surface area contributed by atoms with E-state index in [2.05, 4.69) is 0 Å². The van der Waals surface area contributed by atoms with Gasteiger partial charge >= 0.3 is 6.18 Å². The lowest BCUT2D eigenvalue weighted by molar-refractivity contribution is -0.189. The van der Waals surface area contributed by atoms with Gasteiger partial charge in [-0.1, -0.05) is 23.9 Å². The van der Waals surface area contributed by atoms with E-state index in [-0.39, 0.29) is 5.75 Å². The third kappa shape index (κ3) is 2.95. The van der Waals surface area contributed by atoms with Crippen LogP contribution in [0.4, 0.5) is 13.2 Å². The standard InChI is InChI=1S/C15H11F3O2S/c1-9(15(16,17)18)19-10-6-7-12-14(8-10)21-13-5-3-2-4-11(13)20-12/h2-9H,1H3. The third-order valence-corrected chi connectivity index (χ3v) is 4.07. The maximum atomic E-state index is 12.5. The van der Waals surface area contributed by atoms with Gasteiger partial charge in [-0.15, -0.1) is 0 Å². The number of ether oxygens (including phenoxy) is 2. The Kier molecular flexibility index (Phi) is 3.49. The monoisotopic (exact) mass is 312 g/mol. The Hall–Kier alpha value is -1.82. The Labute approximate surface area is 123 Å². The van der Waals surface area contributed by atoms with Crippen LogP contribution >= 0.6 is 11.8 Å². The maximum Gasteiger partial charge on any atom is 0.425 e. The van der Waals surface area contributed by atoms with Crippen molar-refractivity contribution in [3.05, 3.63) is 42.5 Å². The molecule has 0 saturated carbocycles.